The predicted molar refractivity (Wildman–Crippen MR) is 72.7 cm³/mol. The first-order valence-electron chi connectivity index (χ1n) is 6.40. The van der Waals surface area contributed by atoms with E-state index in [0.29, 0.717) is 0 Å². The Morgan fingerprint density at radius 3 is 2.86 bits per heavy atom. The first-order chi connectivity index (χ1) is 9.98. The Hall–Kier alpha value is -2.18. The second kappa shape index (κ2) is 4.68. The zero-order valence-corrected chi connectivity index (χ0v) is 11.7. The predicted octanol–water partition coefficient (Wildman–Crippen LogP) is 1.51. The lowest BCUT2D eigenvalue weighted by atomic mass is 9.93. The van der Waals surface area contributed by atoms with Crippen molar-refractivity contribution in [3.8, 4) is 0 Å². The number of carbonyl (C=O) groups excluding carboxylic acids is 1. The van der Waals surface area contributed by atoms with Gasteiger partial charge >= 0.3 is 5.63 Å². The van der Waals surface area contributed by atoms with Gasteiger partial charge in [-0.1, -0.05) is 6.58 Å². The molecule has 0 radical (unpaired) electrons. The maximum Gasteiger partial charge on any atom is 0.336 e. The molecule has 0 saturated carbocycles. The Morgan fingerprint density at radius 1 is 1.43 bits per heavy atom. The van der Waals surface area contributed by atoms with Crippen molar-refractivity contribution in [3.05, 3.63) is 51.8 Å². The Labute approximate surface area is 120 Å². The van der Waals surface area contributed by atoms with Gasteiger partial charge in [0.05, 0.1) is 5.56 Å². The number of hydrogen-bond donors (Lipinski definition) is 0. The number of ether oxygens (including phenoxy) is 3. The molecule has 0 bridgehead atoms. The molecule has 21 heavy (non-hydrogen) atoms. The average Bonchev–Trinajstić information content (AvgIpc) is 2.46. The average molecular weight is 290 g/mol. The summed E-state index contributed by atoms with van der Waals surface area (Å²) in [5, 5.41) is 0. The van der Waals surface area contributed by atoms with Crippen LogP contribution in [0.1, 0.15) is 23.0 Å². The van der Waals surface area contributed by atoms with Crippen molar-refractivity contribution in [2.24, 2.45) is 0 Å². The molecule has 1 aliphatic carbocycles. The van der Waals surface area contributed by atoms with E-state index in [1.165, 1.54) is 25.3 Å². The van der Waals surface area contributed by atoms with E-state index in [1.54, 1.807) is 6.92 Å². The van der Waals surface area contributed by atoms with E-state index < -0.39 is 23.3 Å². The molecule has 0 unspecified atom stereocenters. The van der Waals surface area contributed by atoms with Crippen molar-refractivity contribution in [2.75, 3.05) is 13.7 Å². The van der Waals surface area contributed by atoms with Crippen LogP contribution in [0.25, 0.3) is 6.08 Å². The van der Waals surface area contributed by atoms with Crippen LogP contribution in [-0.2, 0) is 14.2 Å². The fraction of sp³-hybridized carbons (Fsp3) is 0.333. The van der Waals surface area contributed by atoms with Gasteiger partial charge in [0.1, 0.15) is 18.5 Å². The van der Waals surface area contributed by atoms with Crippen LogP contribution in [0.5, 0.6) is 0 Å². The SMILES string of the molecule is C=C(C)[C@@H]1COC2=Cc3oc(=O)ccc3C(=O)[C@]2(OC)O1. The highest BCUT2D eigenvalue weighted by atomic mass is 16.7. The molecule has 0 amide bonds. The Bertz CT molecular complexity index is 713. The highest BCUT2D eigenvalue weighted by Gasteiger charge is 2.54. The minimum atomic E-state index is -1.66. The fourth-order valence-electron chi connectivity index (χ4n) is 2.36. The number of hydrogen-bond acceptors (Lipinski definition) is 6. The van der Waals surface area contributed by atoms with Crippen molar-refractivity contribution in [3.63, 3.8) is 0 Å². The molecule has 0 aromatic carbocycles. The maximum atomic E-state index is 12.7. The van der Waals surface area contributed by atoms with Crippen molar-refractivity contribution in [1.29, 1.82) is 0 Å². The first-order valence-corrected chi connectivity index (χ1v) is 6.40. The van der Waals surface area contributed by atoms with Gasteiger partial charge in [-0.15, -0.1) is 0 Å². The van der Waals surface area contributed by atoms with E-state index in [0.717, 1.165) is 5.57 Å². The smallest absolute Gasteiger partial charge is 0.336 e. The quantitative estimate of drug-likeness (QED) is 0.769. The number of fused-ring (bicyclic) bond motifs is 2. The van der Waals surface area contributed by atoms with Gasteiger partial charge in [-0.3, -0.25) is 4.79 Å². The van der Waals surface area contributed by atoms with Crippen LogP contribution in [0, 0.1) is 0 Å². The molecule has 1 aromatic rings. The third kappa shape index (κ3) is 1.95. The lowest BCUT2D eigenvalue weighted by Crippen LogP contribution is -2.54. The molecular formula is C15H14O6. The second-order valence-electron chi connectivity index (χ2n) is 4.95. The molecule has 2 aliphatic rings. The Morgan fingerprint density at radius 2 is 2.19 bits per heavy atom. The molecule has 1 saturated heterocycles. The summed E-state index contributed by atoms with van der Waals surface area (Å²) in [6, 6.07) is 2.57. The van der Waals surface area contributed by atoms with Crippen molar-refractivity contribution < 1.29 is 23.4 Å². The summed E-state index contributed by atoms with van der Waals surface area (Å²) in [5.74, 6) is -1.80. The summed E-state index contributed by atoms with van der Waals surface area (Å²) in [6.45, 7) is 5.81. The largest absolute Gasteiger partial charge is 0.488 e. The van der Waals surface area contributed by atoms with Crippen LogP contribution in [0.15, 0.2) is 39.3 Å². The maximum absolute atomic E-state index is 12.7. The molecule has 0 N–H and O–H groups in total. The zero-order chi connectivity index (χ0) is 15.2. The second-order valence-corrected chi connectivity index (χ2v) is 4.95. The monoisotopic (exact) mass is 290 g/mol. The van der Waals surface area contributed by atoms with E-state index in [2.05, 4.69) is 6.58 Å². The molecule has 1 fully saturated rings. The molecular weight excluding hydrogens is 276 g/mol. The minimum Gasteiger partial charge on any atom is -0.488 e. The number of ketones is 1. The zero-order valence-electron chi connectivity index (χ0n) is 11.7. The van der Waals surface area contributed by atoms with E-state index in [4.69, 9.17) is 18.6 Å². The third-order valence-corrected chi connectivity index (χ3v) is 3.53. The van der Waals surface area contributed by atoms with E-state index in [1.807, 2.05) is 0 Å². The summed E-state index contributed by atoms with van der Waals surface area (Å²) >= 11 is 0. The number of rotatable bonds is 2. The topological polar surface area (TPSA) is 75.0 Å². The summed E-state index contributed by atoms with van der Waals surface area (Å²) < 4.78 is 21.7. The van der Waals surface area contributed by atoms with E-state index >= 15 is 0 Å². The molecule has 110 valence electrons. The number of Topliss-reactive ketones (excluding diaryl/α,β-unsaturated/α-hetero) is 1. The van der Waals surface area contributed by atoms with Crippen molar-refractivity contribution >= 4 is 11.9 Å². The third-order valence-electron chi connectivity index (χ3n) is 3.53. The van der Waals surface area contributed by atoms with Crippen LogP contribution in [0.4, 0.5) is 0 Å². The van der Waals surface area contributed by atoms with Gasteiger partial charge in [0.2, 0.25) is 5.78 Å². The van der Waals surface area contributed by atoms with Crippen LogP contribution in [-0.4, -0.2) is 31.4 Å². The Kier molecular flexibility index (Phi) is 3.07. The number of carbonyl (C=O) groups is 1. The van der Waals surface area contributed by atoms with Gasteiger partial charge < -0.3 is 18.6 Å². The van der Waals surface area contributed by atoms with Crippen LogP contribution >= 0.6 is 0 Å². The van der Waals surface area contributed by atoms with Crippen LogP contribution in [0.3, 0.4) is 0 Å². The van der Waals surface area contributed by atoms with Crippen LogP contribution in [0.2, 0.25) is 0 Å². The number of methoxy groups -OCH3 is 1. The van der Waals surface area contributed by atoms with Gasteiger partial charge in [-0.25, -0.2) is 4.79 Å². The molecule has 0 spiro atoms. The lowest BCUT2D eigenvalue weighted by Gasteiger charge is -2.41. The summed E-state index contributed by atoms with van der Waals surface area (Å²) in [4.78, 5) is 24.0. The van der Waals surface area contributed by atoms with Gasteiger partial charge in [-0.2, -0.15) is 0 Å². The standard InChI is InChI=1S/C15H14O6/c1-8(2)11-7-19-12-6-10-9(4-5-13(16)20-10)14(17)15(12,18-3)21-11/h4-6,11H,1,7H2,2-3H3/t11-,15+/m0/s1. The van der Waals surface area contributed by atoms with Gasteiger partial charge in [0.15, 0.2) is 5.76 Å². The minimum absolute atomic E-state index is 0.146. The van der Waals surface area contributed by atoms with E-state index in [9.17, 15) is 9.59 Å². The van der Waals surface area contributed by atoms with Crippen molar-refractivity contribution in [2.45, 2.75) is 18.8 Å². The van der Waals surface area contributed by atoms with Gasteiger partial charge in [0.25, 0.3) is 5.79 Å². The molecule has 3 rings (SSSR count). The van der Waals surface area contributed by atoms with Gasteiger partial charge in [-0.05, 0) is 18.6 Å². The molecule has 2 atom stereocenters. The molecule has 1 aromatic heterocycles. The summed E-state index contributed by atoms with van der Waals surface area (Å²) in [6.07, 6.45) is 0.999. The normalized spacial score (nSPS) is 27.2. The summed E-state index contributed by atoms with van der Waals surface area (Å²) in [5.41, 5.74) is 0.398. The van der Waals surface area contributed by atoms with E-state index in [-0.39, 0.29) is 23.7 Å². The fourth-order valence-corrected chi connectivity index (χ4v) is 2.36. The highest BCUT2D eigenvalue weighted by molar-refractivity contribution is 6.08. The molecule has 6 heteroatoms. The highest BCUT2D eigenvalue weighted by Crippen LogP contribution is 2.40. The molecule has 6 nitrogen and oxygen atoms in total. The van der Waals surface area contributed by atoms with Crippen LogP contribution < -0.4 is 5.63 Å². The van der Waals surface area contributed by atoms with Gasteiger partial charge in [0, 0.05) is 19.3 Å². The lowest BCUT2D eigenvalue weighted by molar-refractivity contribution is -0.236. The Balaban J connectivity index is 2.14. The molecule has 1 aliphatic heterocycles. The molecule has 2 heterocycles. The first kappa shape index (κ1) is 13.8. The van der Waals surface area contributed by atoms with Crippen molar-refractivity contribution in [1.82, 2.24) is 0 Å². The summed E-state index contributed by atoms with van der Waals surface area (Å²) in [7, 11) is 1.36.